The summed E-state index contributed by atoms with van der Waals surface area (Å²) in [7, 11) is 1.88. The van der Waals surface area contributed by atoms with Gasteiger partial charge in [-0.25, -0.2) is 0 Å². The minimum Gasteiger partial charge on any atom is -0.384 e. The Morgan fingerprint density at radius 3 is 2.94 bits per heavy atom. The summed E-state index contributed by atoms with van der Waals surface area (Å²) in [5, 5.41) is 10.6. The molecule has 0 unspecified atom stereocenters. The van der Waals surface area contributed by atoms with E-state index in [0.29, 0.717) is 10.9 Å². The molecule has 18 heavy (non-hydrogen) atoms. The van der Waals surface area contributed by atoms with Gasteiger partial charge in [0.2, 0.25) is 0 Å². The molecule has 96 valence electrons. The van der Waals surface area contributed by atoms with Crippen LogP contribution < -0.4 is 0 Å². The normalized spacial score (nSPS) is 15.2. The van der Waals surface area contributed by atoms with Crippen molar-refractivity contribution in [3.8, 4) is 11.8 Å². The van der Waals surface area contributed by atoms with Crippen LogP contribution in [0.3, 0.4) is 0 Å². The van der Waals surface area contributed by atoms with Crippen molar-refractivity contribution in [2.45, 2.75) is 31.7 Å². The van der Waals surface area contributed by atoms with E-state index in [-0.39, 0.29) is 12.5 Å². The van der Waals surface area contributed by atoms with E-state index in [2.05, 4.69) is 11.8 Å². The fraction of sp³-hybridized carbons (Fsp3) is 0.500. The zero-order valence-electron chi connectivity index (χ0n) is 10.5. The molecule has 2 rings (SSSR count). The number of rotatable bonds is 2. The Bertz CT molecular complexity index is 477. The Labute approximate surface area is 111 Å². The highest BCUT2D eigenvalue weighted by molar-refractivity contribution is 7.12. The highest BCUT2D eigenvalue weighted by Gasteiger charge is 2.25. The first kappa shape index (κ1) is 13.1. The van der Waals surface area contributed by atoms with Crippen molar-refractivity contribution in [3.63, 3.8) is 0 Å². The molecule has 0 atom stereocenters. The van der Waals surface area contributed by atoms with Gasteiger partial charge >= 0.3 is 0 Å². The maximum atomic E-state index is 12.4. The highest BCUT2D eigenvalue weighted by Crippen LogP contribution is 2.25. The smallest absolute Gasteiger partial charge is 0.265 e. The minimum absolute atomic E-state index is 0.0548. The molecule has 3 nitrogen and oxygen atoms in total. The molecule has 1 fully saturated rings. The van der Waals surface area contributed by atoms with Crippen LogP contribution in [0.2, 0.25) is 0 Å². The lowest BCUT2D eigenvalue weighted by molar-refractivity contribution is 0.0740. The van der Waals surface area contributed by atoms with Gasteiger partial charge in [-0.3, -0.25) is 4.79 Å². The van der Waals surface area contributed by atoms with Gasteiger partial charge < -0.3 is 10.0 Å². The number of nitrogens with zero attached hydrogens (tertiary/aromatic N) is 1. The molecule has 1 aliphatic carbocycles. The second kappa shape index (κ2) is 6.03. The first-order valence-electron chi connectivity index (χ1n) is 6.18. The first-order chi connectivity index (χ1) is 8.74. The molecular formula is C14H17NO2S. The summed E-state index contributed by atoms with van der Waals surface area (Å²) < 4.78 is 0. The molecule has 0 aliphatic heterocycles. The van der Waals surface area contributed by atoms with Gasteiger partial charge in [-0.05, 0) is 24.3 Å². The maximum Gasteiger partial charge on any atom is 0.265 e. The van der Waals surface area contributed by atoms with E-state index >= 15 is 0 Å². The summed E-state index contributed by atoms with van der Waals surface area (Å²) in [6.07, 6.45) is 4.63. The molecule has 1 saturated carbocycles. The minimum atomic E-state index is -0.179. The molecule has 1 heterocycles. The Hall–Kier alpha value is -1.31. The van der Waals surface area contributed by atoms with Crippen LogP contribution in [-0.4, -0.2) is 35.6 Å². The zero-order valence-corrected chi connectivity index (χ0v) is 11.3. The molecule has 1 aliphatic rings. The Morgan fingerprint density at radius 1 is 1.56 bits per heavy atom. The third-order valence-corrected chi connectivity index (χ3v) is 4.26. The molecule has 0 bridgehead atoms. The number of hydrogen-bond acceptors (Lipinski definition) is 3. The lowest BCUT2D eigenvalue weighted by atomic mass is 10.2. The van der Waals surface area contributed by atoms with Gasteiger partial charge in [0.05, 0.1) is 0 Å². The Balaban J connectivity index is 2.15. The van der Waals surface area contributed by atoms with Crippen LogP contribution in [0.15, 0.2) is 11.4 Å². The zero-order chi connectivity index (χ0) is 13.0. The second-order valence-electron chi connectivity index (χ2n) is 4.48. The average molecular weight is 263 g/mol. The Morgan fingerprint density at radius 2 is 2.28 bits per heavy atom. The molecule has 0 spiro atoms. The molecule has 1 aromatic heterocycles. The average Bonchev–Trinajstić information content (AvgIpc) is 3.05. The van der Waals surface area contributed by atoms with E-state index in [4.69, 9.17) is 5.11 Å². The summed E-state index contributed by atoms with van der Waals surface area (Å²) in [6, 6.07) is 2.21. The van der Waals surface area contributed by atoms with Gasteiger partial charge in [0.1, 0.15) is 11.5 Å². The fourth-order valence-electron chi connectivity index (χ4n) is 2.33. The van der Waals surface area contributed by atoms with E-state index in [9.17, 15) is 4.79 Å². The highest BCUT2D eigenvalue weighted by atomic mass is 32.1. The van der Waals surface area contributed by atoms with E-state index in [1.165, 1.54) is 24.2 Å². The van der Waals surface area contributed by atoms with Crippen LogP contribution in [-0.2, 0) is 0 Å². The molecule has 4 heteroatoms. The fourth-order valence-corrected chi connectivity index (χ4v) is 3.16. The topological polar surface area (TPSA) is 40.5 Å². The van der Waals surface area contributed by atoms with E-state index < -0.39 is 0 Å². The van der Waals surface area contributed by atoms with Gasteiger partial charge in [-0.2, -0.15) is 0 Å². The monoisotopic (exact) mass is 263 g/mol. The van der Waals surface area contributed by atoms with Gasteiger partial charge in [-0.15, -0.1) is 11.3 Å². The van der Waals surface area contributed by atoms with E-state index in [1.807, 2.05) is 23.4 Å². The Kier molecular flexibility index (Phi) is 4.40. The predicted octanol–water partition coefficient (Wildman–Crippen LogP) is 2.11. The summed E-state index contributed by atoms with van der Waals surface area (Å²) >= 11 is 1.42. The molecule has 0 saturated heterocycles. The standard InChI is InChI=1S/C14H17NO2S/c1-15(12-6-2-3-7-12)14(17)13-11(5-4-9-16)8-10-18-13/h8,10,12,16H,2-3,6-7,9H2,1H3. The number of aliphatic hydroxyl groups excluding tert-OH is 1. The molecule has 0 radical (unpaired) electrons. The largest absolute Gasteiger partial charge is 0.384 e. The van der Waals surface area contributed by atoms with Crippen LogP contribution in [0, 0.1) is 11.8 Å². The number of hydrogen-bond donors (Lipinski definition) is 1. The van der Waals surface area contributed by atoms with Gasteiger partial charge in [-0.1, -0.05) is 24.7 Å². The van der Waals surface area contributed by atoms with Crippen LogP contribution in [0.1, 0.15) is 40.9 Å². The van der Waals surface area contributed by atoms with Crippen LogP contribution in [0.5, 0.6) is 0 Å². The van der Waals surface area contributed by atoms with Crippen molar-refractivity contribution in [1.82, 2.24) is 4.90 Å². The molecule has 0 aromatic carbocycles. The SMILES string of the molecule is CN(C(=O)c1sccc1C#CCO)C1CCCC1. The summed E-state index contributed by atoms with van der Waals surface area (Å²) in [6.45, 7) is -0.179. The van der Waals surface area contributed by atoms with Crippen LogP contribution in [0.4, 0.5) is 0 Å². The number of thiophene rings is 1. The van der Waals surface area contributed by atoms with Crippen molar-refractivity contribution in [2.75, 3.05) is 13.7 Å². The summed E-state index contributed by atoms with van der Waals surface area (Å²) in [5.74, 6) is 5.48. The quantitative estimate of drug-likeness (QED) is 0.830. The number of carbonyl (C=O) groups is 1. The molecule has 1 aromatic rings. The number of amides is 1. The van der Waals surface area contributed by atoms with Crippen LogP contribution >= 0.6 is 11.3 Å². The molecular weight excluding hydrogens is 246 g/mol. The lowest BCUT2D eigenvalue weighted by Gasteiger charge is -2.23. The van der Waals surface area contributed by atoms with Gasteiger partial charge in [0.25, 0.3) is 5.91 Å². The van der Waals surface area contributed by atoms with Crippen molar-refractivity contribution < 1.29 is 9.90 Å². The van der Waals surface area contributed by atoms with Crippen molar-refractivity contribution in [2.24, 2.45) is 0 Å². The molecule has 1 N–H and O–H groups in total. The van der Waals surface area contributed by atoms with E-state index in [0.717, 1.165) is 18.4 Å². The second-order valence-corrected chi connectivity index (χ2v) is 5.39. The summed E-state index contributed by atoms with van der Waals surface area (Å²) in [5.41, 5.74) is 0.726. The maximum absolute atomic E-state index is 12.4. The first-order valence-corrected chi connectivity index (χ1v) is 7.06. The van der Waals surface area contributed by atoms with Crippen molar-refractivity contribution >= 4 is 17.2 Å². The number of aliphatic hydroxyl groups is 1. The predicted molar refractivity (Wildman–Crippen MR) is 72.6 cm³/mol. The lowest BCUT2D eigenvalue weighted by Crippen LogP contribution is -2.35. The van der Waals surface area contributed by atoms with Gasteiger partial charge in [0.15, 0.2) is 0 Å². The van der Waals surface area contributed by atoms with Crippen LogP contribution in [0.25, 0.3) is 0 Å². The molecule has 1 amide bonds. The van der Waals surface area contributed by atoms with E-state index in [1.54, 1.807) is 0 Å². The third-order valence-electron chi connectivity index (χ3n) is 3.35. The van der Waals surface area contributed by atoms with Crippen molar-refractivity contribution in [3.05, 3.63) is 21.9 Å². The van der Waals surface area contributed by atoms with Crippen molar-refractivity contribution in [1.29, 1.82) is 0 Å². The number of carbonyl (C=O) groups excluding carboxylic acids is 1. The van der Waals surface area contributed by atoms with Gasteiger partial charge in [0, 0.05) is 18.7 Å². The third kappa shape index (κ3) is 2.74. The summed E-state index contributed by atoms with van der Waals surface area (Å²) in [4.78, 5) is 14.9.